The van der Waals surface area contributed by atoms with Gasteiger partial charge in [0.1, 0.15) is 0 Å². The maximum Gasteiger partial charge on any atom is 0.0764 e. The molecule has 15 heavy (non-hydrogen) atoms. The number of benzene rings is 1. The standard InChI is InChI=1S/C12H15N3/c1-2-10-3-5-12(6-4-10)15-8-7-11(9-13)14-15/h3-8H,2,9,13H2,1H3. The van der Waals surface area contributed by atoms with Gasteiger partial charge in [-0.2, -0.15) is 5.10 Å². The van der Waals surface area contributed by atoms with Gasteiger partial charge in [0.2, 0.25) is 0 Å². The van der Waals surface area contributed by atoms with Crippen molar-refractivity contribution in [3.05, 3.63) is 47.8 Å². The molecule has 0 amide bonds. The van der Waals surface area contributed by atoms with Crippen molar-refractivity contribution < 1.29 is 0 Å². The average Bonchev–Trinajstić information content (AvgIpc) is 2.78. The molecular weight excluding hydrogens is 186 g/mol. The summed E-state index contributed by atoms with van der Waals surface area (Å²) < 4.78 is 1.85. The Morgan fingerprint density at radius 3 is 2.47 bits per heavy atom. The minimum atomic E-state index is 0.486. The lowest BCUT2D eigenvalue weighted by Gasteiger charge is -2.02. The van der Waals surface area contributed by atoms with Crippen molar-refractivity contribution in [2.75, 3.05) is 0 Å². The van der Waals surface area contributed by atoms with Crippen LogP contribution in [0.15, 0.2) is 36.5 Å². The van der Waals surface area contributed by atoms with Crippen LogP contribution in [-0.4, -0.2) is 9.78 Å². The molecule has 0 saturated carbocycles. The summed E-state index contributed by atoms with van der Waals surface area (Å²) in [5, 5.41) is 4.35. The van der Waals surface area contributed by atoms with Crippen LogP contribution < -0.4 is 5.73 Å². The van der Waals surface area contributed by atoms with E-state index in [4.69, 9.17) is 5.73 Å². The molecule has 3 nitrogen and oxygen atoms in total. The summed E-state index contributed by atoms with van der Waals surface area (Å²) in [4.78, 5) is 0. The molecule has 0 aliphatic carbocycles. The van der Waals surface area contributed by atoms with E-state index in [1.54, 1.807) is 0 Å². The molecule has 0 fully saturated rings. The Balaban J connectivity index is 2.28. The molecule has 2 rings (SSSR count). The highest BCUT2D eigenvalue weighted by Crippen LogP contribution is 2.09. The van der Waals surface area contributed by atoms with Gasteiger partial charge in [0.25, 0.3) is 0 Å². The van der Waals surface area contributed by atoms with Gasteiger partial charge in [-0.1, -0.05) is 19.1 Å². The topological polar surface area (TPSA) is 43.8 Å². The van der Waals surface area contributed by atoms with Crippen LogP contribution in [-0.2, 0) is 13.0 Å². The van der Waals surface area contributed by atoms with Crippen LogP contribution in [0.3, 0.4) is 0 Å². The van der Waals surface area contributed by atoms with Gasteiger partial charge < -0.3 is 5.73 Å². The van der Waals surface area contributed by atoms with Crippen LogP contribution >= 0.6 is 0 Å². The highest BCUT2D eigenvalue weighted by atomic mass is 15.3. The lowest BCUT2D eigenvalue weighted by atomic mass is 10.1. The first-order valence-electron chi connectivity index (χ1n) is 5.17. The molecule has 1 heterocycles. The quantitative estimate of drug-likeness (QED) is 0.824. The number of nitrogens with zero attached hydrogens (tertiary/aromatic N) is 2. The van der Waals surface area contributed by atoms with Gasteiger partial charge in [-0.15, -0.1) is 0 Å². The molecular formula is C12H15N3. The van der Waals surface area contributed by atoms with E-state index in [1.165, 1.54) is 5.56 Å². The van der Waals surface area contributed by atoms with Gasteiger partial charge in [0, 0.05) is 12.7 Å². The predicted molar refractivity (Wildman–Crippen MR) is 60.8 cm³/mol. The highest BCUT2D eigenvalue weighted by molar-refractivity contribution is 5.34. The summed E-state index contributed by atoms with van der Waals surface area (Å²) in [5.41, 5.74) is 8.84. The summed E-state index contributed by atoms with van der Waals surface area (Å²) >= 11 is 0. The third-order valence-corrected chi connectivity index (χ3v) is 2.46. The molecule has 78 valence electrons. The fourth-order valence-corrected chi connectivity index (χ4v) is 1.50. The van der Waals surface area contributed by atoms with Gasteiger partial charge in [0.15, 0.2) is 0 Å². The molecule has 0 aliphatic heterocycles. The van der Waals surface area contributed by atoms with Gasteiger partial charge >= 0.3 is 0 Å². The predicted octanol–water partition coefficient (Wildman–Crippen LogP) is 1.89. The molecule has 3 heteroatoms. The molecule has 2 N–H and O–H groups in total. The van der Waals surface area contributed by atoms with Crippen molar-refractivity contribution in [2.45, 2.75) is 19.9 Å². The second-order valence-corrected chi connectivity index (χ2v) is 3.48. The molecule has 2 aromatic rings. The van der Waals surface area contributed by atoms with E-state index in [0.717, 1.165) is 17.8 Å². The monoisotopic (exact) mass is 201 g/mol. The zero-order valence-corrected chi connectivity index (χ0v) is 8.85. The molecule has 0 bridgehead atoms. The SMILES string of the molecule is CCc1ccc(-n2ccc(CN)n2)cc1. The first kappa shape index (κ1) is 9.93. The molecule has 1 aromatic carbocycles. The summed E-state index contributed by atoms with van der Waals surface area (Å²) in [6.45, 7) is 2.63. The third-order valence-electron chi connectivity index (χ3n) is 2.46. The van der Waals surface area contributed by atoms with Gasteiger partial charge in [-0.25, -0.2) is 4.68 Å². The maximum absolute atomic E-state index is 5.51. The minimum absolute atomic E-state index is 0.486. The van der Waals surface area contributed by atoms with Crippen LogP contribution in [0.2, 0.25) is 0 Å². The van der Waals surface area contributed by atoms with Crippen LogP contribution in [0.5, 0.6) is 0 Å². The third kappa shape index (κ3) is 2.07. The van der Waals surface area contributed by atoms with Crippen molar-refractivity contribution >= 4 is 0 Å². The minimum Gasteiger partial charge on any atom is -0.325 e. The van der Waals surface area contributed by atoms with Gasteiger partial charge in [-0.3, -0.25) is 0 Å². The lowest BCUT2D eigenvalue weighted by Crippen LogP contribution is -2.00. The summed E-state index contributed by atoms with van der Waals surface area (Å²) in [5.74, 6) is 0. The number of hydrogen-bond acceptors (Lipinski definition) is 2. The molecule has 0 saturated heterocycles. The number of nitrogens with two attached hydrogens (primary N) is 1. The second kappa shape index (κ2) is 4.28. The largest absolute Gasteiger partial charge is 0.325 e. The van der Waals surface area contributed by atoms with Gasteiger partial charge in [-0.05, 0) is 30.2 Å². The first-order chi connectivity index (χ1) is 7.33. The summed E-state index contributed by atoms with van der Waals surface area (Å²) in [6.07, 6.45) is 3.00. The van der Waals surface area contributed by atoms with Crippen molar-refractivity contribution in [2.24, 2.45) is 5.73 Å². The fourth-order valence-electron chi connectivity index (χ4n) is 1.50. The Kier molecular flexibility index (Phi) is 2.83. The Bertz CT molecular complexity index is 428. The number of aryl methyl sites for hydroxylation is 1. The van der Waals surface area contributed by atoms with Crippen LogP contribution in [0.25, 0.3) is 5.69 Å². The number of aromatic nitrogens is 2. The zero-order chi connectivity index (χ0) is 10.7. The Labute approximate surface area is 89.5 Å². The van der Waals surface area contributed by atoms with E-state index in [9.17, 15) is 0 Å². The lowest BCUT2D eigenvalue weighted by molar-refractivity contribution is 0.833. The fraction of sp³-hybridized carbons (Fsp3) is 0.250. The molecule has 0 spiro atoms. The van der Waals surface area contributed by atoms with Crippen molar-refractivity contribution in [3.63, 3.8) is 0 Å². The molecule has 0 radical (unpaired) electrons. The molecule has 0 atom stereocenters. The average molecular weight is 201 g/mol. The van der Waals surface area contributed by atoms with Crippen LogP contribution in [0, 0.1) is 0 Å². The van der Waals surface area contributed by atoms with Gasteiger partial charge in [0.05, 0.1) is 11.4 Å². The van der Waals surface area contributed by atoms with E-state index in [1.807, 2.05) is 16.9 Å². The van der Waals surface area contributed by atoms with E-state index in [-0.39, 0.29) is 0 Å². The van der Waals surface area contributed by atoms with Crippen LogP contribution in [0.4, 0.5) is 0 Å². The molecule has 0 aliphatic rings. The number of hydrogen-bond donors (Lipinski definition) is 1. The maximum atomic E-state index is 5.51. The van der Waals surface area contributed by atoms with Crippen molar-refractivity contribution in [1.29, 1.82) is 0 Å². The Hall–Kier alpha value is -1.61. The second-order valence-electron chi connectivity index (χ2n) is 3.48. The highest BCUT2D eigenvalue weighted by Gasteiger charge is 1.99. The summed E-state index contributed by atoms with van der Waals surface area (Å²) in [7, 11) is 0. The molecule has 1 aromatic heterocycles. The smallest absolute Gasteiger partial charge is 0.0764 e. The first-order valence-corrected chi connectivity index (χ1v) is 5.17. The zero-order valence-electron chi connectivity index (χ0n) is 8.85. The number of rotatable bonds is 3. The molecule has 0 unspecified atom stereocenters. The van der Waals surface area contributed by atoms with E-state index in [2.05, 4.69) is 36.3 Å². The van der Waals surface area contributed by atoms with Crippen LogP contribution in [0.1, 0.15) is 18.2 Å². The van der Waals surface area contributed by atoms with Crippen molar-refractivity contribution in [3.8, 4) is 5.69 Å². The summed E-state index contributed by atoms with van der Waals surface area (Å²) in [6, 6.07) is 10.3. The van der Waals surface area contributed by atoms with E-state index in [0.29, 0.717) is 6.54 Å². The normalized spacial score (nSPS) is 10.5. The van der Waals surface area contributed by atoms with E-state index >= 15 is 0 Å². The van der Waals surface area contributed by atoms with E-state index < -0.39 is 0 Å². The Morgan fingerprint density at radius 2 is 1.93 bits per heavy atom. The van der Waals surface area contributed by atoms with Crippen molar-refractivity contribution in [1.82, 2.24) is 9.78 Å². The Morgan fingerprint density at radius 1 is 1.20 bits per heavy atom.